The van der Waals surface area contributed by atoms with Gasteiger partial charge in [0, 0.05) is 21.3 Å². The van der Waals surface area contributed by atoms with Gasteiger partial charge in [0.05, 0.1) is 5.69 Å². The van der Waals surface area contributed by atoms with Gasteiger partial charge >= 0.3 is 0 Å². The largest absolute Gasteiger partial charge is 0.488 e. The van der Waals surface area contributed by atoms with Crippen LogP contribution in [0.3, 0.4) is 0 Å². The molecule has 0 aromatic heterocycles. The summed E-state index contributed by atoms with van der Waals surface area (Å²) in [6, 6.07) is 19.8. The molecule has 0 saturated heterocycles. The zero-order valence-electron chi connectivity index (χ0n) is 14.7. The summed E-state index contributed by atoms with van der Waals surface area (Å²) < 4.78 is 6.99. The molecule has 3 aromatic rings. The molecule has 0 aliphatic rings. The average Bonchev–Trinajstić information content (AvgIpc) is 2.63. The van der Waals surface area contributed by atoms with Crippen LogP contribution in [-0.4, -0.2) is 6.21 Å². The van der Waals surface area contributed by atoms with E-state index < -0.39 is 0 Å². The molecule has 0 spiro atoms. The highest BCUT2D eigenvalue weighted by atomic mass is 79.9. The fraction of sp³-hybridized carbons (Fsp3) is 0.136. The van der Waals surface area contributed by atoms with Crippen LogP contribution < -0.4 is 4.74 Å². The minimum Gasteiger partial charge on any atom is -0.488 e. The zero-order valence-corrected chi connectivity index (χ0v) is 17.0. The first-order valence-electron chi connectivity index (χ1n) is 8.29. The van der Waals surface area contributed by atoms with Crippen molar-refractivity contribution >= 4 is 39.4 Å². The van der Waals surface area contributed by atoms with E-state index in [0.29, 0.717) is 6.61 Å². The van der Waals surface area contributed by atoms with Crippen LogP contribution in [0.15, 0.2) is 70.1 Å². The minimum atomic E-state index is 0.475. The van der Waals surface area contributed by atoms with E-state index in [0.717, 1.165) is 37.6 Å². The second kappa shape index (κ2) is 8.52. The molecule has 2 nitrogen and oxygen atoms in total. The number of rotatable bonds is 5. The smallest absolute Gasteiger partial charge is 0.128 e. The first kappa shape index (κ1) is 18.7. The fourth-order valence-corrected chi connectivity index (χ4v) is 3.00. The summed E-state index contributed by atoms with van der Waals surface area (Å²) in [5.41, 5.74) is 5.29. The van der Waals surface area contributed by atoms with E-state index in [1.807, 2.05) is 48.7 Å². The maximum atomic E-state index is 6.01. The third-order valence-corrected chi connectivity index (χ3v) is 4.73. The van der Waals surface area contributed by atoms with Gasteiger partial charge in [-0.1, -0.05) is 51.8 Å². The van der Waals surface area contributed by atoms with Crippen molar-refractivity contribution in [3.8, 4) is 5.75 Å². The molecule has 0 bridgehead atoms. The van der Waals surface area contributed by atoms with Gasteiger partial charge in [-0.2, -0.15) is 0 Å². The van der Waals surface area contributed by atoms with E-state index in [-0.39, 0.29) is 0 Å². The molecule has 0 saturated carbocycles. The summed E-state index contributed by atoms with van der Waals surface area (Å²) >= 11 is 9.45. The van der Waals surface area contributed by atoms with Crippen LogP contribution in [0.4, 0.5) is 5.69 Å². The summed E-state index contributed by atoms with van der Waals surface area (Å²) in [6.45, 7) is 4.60. The molecule has 0 aliphatic carbocycles. The van der Waals surface area contributed by atoms with Crippen molar-refractivity contribution in [3.63, 3.8) is 0 Å². The van der Waals surface area contributed by atoms with Crippen LogP contribution in [0.1, 0.15) is 22.3 Å². The SMILES string of the molecule is Cc1ccc(C)c(N=Cc2cc(Br)ccc2OCc2ccc(Cl)cc2)c1. The maximum absolute atomic E-state index is 6.01. The van der Waals surface area contributed by atoms with Gasteiger partial charge in [0.25, 0.3) is 0 Å². The normalized spacial score (nSPS) is 11.1. The molecule has 3 aromatic carbocycles. The molecule has 26 heavy (non-hydrogen) atoms. The second-order valence-electron chi connectivity index (χ2n) is 6.15. The Morgan fingerprint density at radius 3 is 2.54 bits per heavy atom. The minimum absolute atomic E-state index is 0.475. The Kier molecular flexibility index (Phi) is 6.12. The van der Waals surface area contributed by atoms with Crippen molar-refractivity contribution in [2.24, 2.45) is 4.99 Å². The Balaban J connectivity index is 1.82. The Morgan fingerprint density at radius 1 is 1.00 bits per heavy atom. The lowest BCUT2D eigenvalue weighted by Crippen LogP contribution is -1.98. The number of aliphatic imine (C=N–C) groups is 1. The molecular weight excluding hydrogens is 410 g/mol. The molecule has 0 atom stereocenters. The molecule has 0 heterocycles. The summed E-state index contributed by atoms with van der Waals surface area (Å²) in [7, 11) is 0. The maximum Gasteiger partial charge on any atom is 0.128 e. The molecule has 0 aliphatic heterocycles. The molecule has 0 unspecified atom stereocenters. The van der Waals surface area contributed by atoms with Gasteiger partial charge in [0.1, 0.15) is 12.4 Å². The van der Waals surface area contributed by atoms with Crippen LogP contribution in [0.25, 0.3) is 0 Å². The predicted molar refractivity (Wildman–Crippen MR) is 113 cm³/mol. The standard InChI is InChI=1S/C22H19BrClNO/c1-15-3-4-16(2)21(11-15)25-13-18-12-19(23)7-10-22(18)26-14-17-5-8-20(24)9-6-17/h3-13H,14H2,1-2H3. The van der Waals surface area contributed by atoms with Crippen LogP contribution in [0.2, 0.25) is 5.02 Å². The van der Waals surface area contributed by atoms with Crippen molar-refractivity contribution in [2.45, 2.75) is 20.5 Å². The Hall–Kier alpha value is -2.10. The number of halogens is 2. The van der Waals surface area contributed by atoms with Crippen LogP contribution in [-0.2, 0) is 6.61 Å². The lowest BCUT2D eigenvalue weighted by molar-refractivity contribution is 0.306. The first-order valence-corrected chi connectivity index (χ1v) is 9.46. The van der Waals surface area contributed by atoms with Crippen molar-refractivity contribution in [3.05, 3.63) is 92.4 Å². The van der Waals surface area contributed by atoms with E-state index in [1.54, 1.807) is 0 Å². The van der Waals surface area contributed by atoms with E-state index in [4.69, 9.17) is 16.3 Å². The summed E-state index contributed by atoms with van der Waals surface area (Å²) in [5.74, 6) is 0.789. The van der Waals surface area contributed by atoms with Crippen LogP contribution in [0, 0.1) is 13.8 Å². The van der Waals surface area contributed by atoms with Crippen molar-refractivity contribution in [1.29, 1.82) is 0 Å². The molecule has 4 heteroatoms. The van der Waals surface area contributed by atoms with Crippen molar-refractivity contribution in [1.82, 2.24) is 0 Å². The number of nitrogens with zero attached hydrogens (tertiary/aromatic N) is 1. The number of aryl methyl sites for hydroxylation is 2. The second-order valence-corrected chi connectivity index (χ2v) is 7.50. The topological polar surface area (TPSA) is 21.6 Å². The molecule has 0 N–H and O–H groups in total. The number of benzene rings is 3. The Morgan fingerprint density at radius 2 is 1.77 bits per heavy atom. The number of ether oxygens (including phenoxy) is 1. The average molecular weight is 429 g/mol. The van der Waals surface area contributed by atoms with E-state index in [1.165, 1.54) is 5.56 Å². The molecule has 0 amide bonds. The highest BCUT2D eigenvalue weighted by Gasteiger charge is 2.05. The lowest BCUT2D eigenvalue weighted by Gasteiger charge is -2.10. The third-order valence-electron chi connectivity index (χ3n) is 3.99. The monoisotopic (exact) mass is 427 g/mol. The molecular formula is C22H19BrClNO. The van der Waals surface area contributed by atoms with Crippen molar-refractivity contribution < 1.29 is 4.74 Å². The highest BCUT2D eigenvalue weighted by Crippen LogP contribution is 2.25. The predicted octanol–water partition coefficient (Wildman–Crippen LogP) is 7.05. The van der Waals surface area contributed by atoms with E-state index >= 15 is 0 Å². The number of hydrogen-bond acceptors (Lipinski definition) is 2. The van der Waals surface area contributed by atoms with Gasteiger partial charge in [0.15, 0.2) is 0 Å². The van der Waals surface area contributed by atoms with Gasteiger partial charge in [-0.3, -0.25) is 4.99 Å². The molecule has 3 rings (SSSR count). The summed E-state index contributed by atoms with van der Waals surface area (Å²) in [6.07, 6.45) is 1.85. The Bertz CT molecular complexity index is 935. The van der Waals surface area contributed by atoms with E-state index in [2.05, 4.69) is 53.0 Å². The molecule has 0 fully saturated rings. The lowest BCUT2D eigenvalue weighted by atomic mass is 10.1. The molecule has 0 radical (unpaired) electrons. The van der Waals surface area contributed by atoms with Gasteiger partial charge in [-0.05, 0) is 66.9 Å². The molecule has 132 valence electrons. The third kappa shape index (κ3) is 4.96. The summed E-state index contributed by atoms with van der Waals surface area (Å²) in [5, 5.41) is 0.721. The van der Waals surface area contributed by atoms with Gasteiger partial charge in [-0.25, -0.2) is 0 Å². The Labute approximate surface area is 167 Å². The van der Waals surface area contributed by atoms with Crippen LogP contribution in [0.5, 0.6) is 5.75 Å². The quantitative estimate of drug-likeness (QED) is 0.399. The fourth-order valence-electron chi connectivity index (χ4n) is 2.49. The van der Waals surface area contributed by atoms with Crippen molar-refractivity contribution in [2.75, 3.05) is 0 Å². The highest BCUT2D eigenvalue weighted by molar-refractivity contribution is 9.10. The van der Waals surface area contributed by atoms with Gasteiger partial charge in [0.2, 0.25) is 0 Å². The van der Waals surface area contributed by atoms with Crippen LogP contribution >= 0.6 is 27.5 Å². The zero-order chi connectivity index (χ0) is 18.5. The van der Waals surface area contributed by atoms with E-state index in [9.17, 15) is 0 Å². The summed E-state index contributed by atoms with van der Waals surface area (Å²) in [4.78, 5) is 4.66. The van der Waals surface area contributed by atoms with Gasteiger partial charge in [-0.15, -0.1) is 0 Å². The first-order chi connectivity index (χ1) is 12.5. The van der Waals surface area contributed by atoms with Gasteiger partial charge < -0.3 is 4.74 Å². The number of hydrogen-bond donors (Lipinski definition) is 0.